The zero-order valence-electron chi connectivity index (χ0n) is 25.1. The molecule has 4 heterocycles. The Bertz CT molecular complexity index is 1240. The summed E-state index contributed by atoms with van der Waals surface area (Å²) in [6.45, 7) is 15.3. The summed E-state index contributed by atoms with van der Waals surface area (Å²) in [7, 11) is 0. The molecule has 0 saturated carbocycles. The molecule has 2 aliphatic heterocycles. The van der Waals surface area contributed by atoms with E-state index in [9.17, 15) is 14.4 Å². The van der Waals surface area contributed by atoms with Gasteiger partial charge in [-0.15, -0.1) is 0 Å². The molecule has 1 unspecified atom stereocenters. The van der Waals surface area contributed by atoms with Crippen molar-refractivity contribution in [2.24, 2.45) is 5.92 Å². The summed E-state index contributed by atoms with van der Waals surface area (Å²) in [6.07, 6.45) is 7.85. The molecule has 41 heavy (non-hydrogen) atoms. The van der Waals surface area contributed by atoms with Crippen LogP contribution < -0.4 is 5.32 Å². The number of hydrogen-bond donors (Lipinski definition) is 3. The lowest BCUT2D eigenvalue weighted by Gasteiger charge is -2.27. The SMILES string of the molecule is C1COCCN1.CCc1c(C)[nH]c2c1C(=O)/C(=C\N1CCOCC1)CC2.CCc1c(C)[nH]c2c1C(=O)C(C=O)CC2. The van der Waals surface area contributed by atoms with E-state index in [-0.39, 0.29) is 11.6 Å². The van der Waals surface area contributed by atoms with Crippen LogP contribution >= 0.6 is 0 Å². The fraction of sp³-hybridized carbons (Fsp3) is 0.594. The van der Waals surface area contributed by atoms with E-state index in [1.807, 2.05) is 13.8 Å². The lowest BCUT2D eigenvalue weighted by Crippen LogP contribution is -2.33. The Balaban J connectivity index is 0.000000161. The van der Waals surface area contributed by atoms with Gasteiger partial charge in [-0.2, -0.15) is 0 Å². The molecule has 2 saturated heterocycles. The predicted molar refractivity (Wildman–Crippen MR) is 159 cm³/mol. The number of allylic oxidation sites excluding steroid dienone is 1. The number of Topliss-reactive ketones (excluding diaryl/α,β-unsaturated/α-hetero) is 2. The number of nitrogens with zero attached hydrogens (tertiary/aromatic N) is 1. The molecule has 2 aliphatic carbocycles. The standard InChI is InChI=1S/C16H22N2O2.C12H15NO2.C4H9NO/c1-3-13-11(2)17-14-5-4-12(16(19)15(13)14)10-18-6-8-20-9-7-18;1-3-9-7(2)13-10-5-4-8(6-14)12(15)11(9)10;1-3-6-4-2-5-1/h10,17H,3-9H2,1-2H3;6,8,13H,3-5H2,1-2H3;5H,1-4H2/b12-10-;;. The third-order valence-electron chi connectivity index (χ3n) is 8.34. The highest BCUT2D eigenvalue weighted by molar-refractivity contribution is 6.11. The van der Waals surface area contributed by atoms with Crippen molar-refractivity contribution in [2.45, 2.75) is 66.2 Å². The van der Waals surface area contributed by atoms with E-state index in [4.69, 9.17) is 9.47 Å². The average molecular weight is 567 g/mol. The third-order valence-corrected chi connectivity index (χ3v) is 8.34. The lowest BCUT2D eigenvalue weighted by molar-refractivity contribution is -0.110. The summed E-state index contributed by atoms with van der Waals surface area (Å²) in [5, 5.41) is 3.16. The van der Waals surface area contributed by atoms with Gasteiger partial charge in [-0.05, 0) is 63.5 Å². The van der Waals surface area contributed by atoms with Crippen LogP contribution in [0.2, 0.25) is 0 Å². The van der Waals surface area contributed by atoms with E-state index >= 15 is 0 Å². The zero-order valence-corrected chi connectivity index (χ0v) is 25.1. The highest BCUT2D eigenvalue weighted by Crippen LogP contribution is 2.31. The molecule has 9 nitrogen and oxygen atoms in total. The fourth-order valence-electron chi connectivity index (χ4n) is 6.14. The molecule has 6 rings (SSSR count). The molecule has 0 radical (unpaired) electrons. The van der Waals surface area contributed by atoms with Gasteiger partial charge in [0.2, 0.25) is 0 Å². The van der Waals surface area contributed by atoms with Crippen molar-refractivity contribution in [3.63, 3.8) is 0 Å². The summed E-state index contributed by atoms with van der Waals surface area (Å²) in [4.78, 5) is 44.3. The number of carbonyl (C=O) groups is 3. The van der Waals surface area contributed by atoms with E-state index in [1.165, 1.54) is 5.56 Å². The van der Waals surface area contributed by atoms with Crippen LogP contribution in [0.5, 0.6) is 0 Å². The number of H-pyrrole nitrogens is 2. The van der Waals surface area contributed by atoms with Gasteiger partial charge in [0.15, 0.2) is 11.6 Å². The molecular weight excluding hydrogens is 520 g/mol. The molecule has 4 aliphatic rings. The summed E-state index contributed by atoms with van der Waals surface area (Å²) in [5.41, 5.74) is 9.33. The van der Waals surface area contributed by atoms with Crippen molar-refractivity contribution in [3.8, 4) is 0 Å². The first-order valence-corrected chi connectivity index (χ1v) is 15.1. The van der Waals surface area contributed by atoms with Crippen molar-refractivity contribution in [2.75, 3.05) is 52.6 Å². The largest absolute Gasteiger partial charge is 0.379 e. The van der Waals surface area contributed by atoms with Crippen LogP contribution in [-0.2, 0) is 40.0 Å². The van der Waals surface area contributed by atoms with E-state index in [0.717, 1.165) is 136 Å². The smallest absolute Gasteiger partial charge is 0.192 e. The van der Waals surface area contributed by atoms with Crippen molar-refractivity contribution < 1.29 is 23.9 Å². The average Bonchev–Trinajstić information content (AvgIpc) is 3.52. The first-order valence-electron chi connectivity index (χ1n) is 15.1. The molecule has 224 valence electrons. The second kappa shape index (κ2) is 14.8. The van der Waals surface area contributed by atoms with Crippen LogP contribution in [0.15, 0.2) is 11.8 Å². The van der Waals surface area contributed by atoms with Crippen molar-refractivity contribution in [1.29, 1.82) is 0 Å². The maximum atomic E-state index is 12.7. The lowest BCUT2D eigenvalue weighted by atomic mass is 9.85. The fourth-order valence-corrected chi connectivity index (χ4v) is 6.14. The van der Waals surface area contributed by atoms with Gasteiger partial charge >= 0.3 is 0 Å². The zero-order chi connectivity index (χ0) is 29.4. The van der Waals surface area contributed by atoms with Crippen LogP contribution in [0.1, 0.15) is 81.3 Å². The summed E-state index contributed by atoms with van der Waals surface area (Å²) in [6, 6.07) is 0. The number of aryl methyl sites for hydroxylation is 4. The molecule has 3 N–H and O–H groups in total. The molecule has 0 bridgehead atoms. The Labute approximate surface area is 243 Å². The third kappa shape index (κ3) is 7.26. The number of ketones is 2. The number of aldehydes is 1. The molecule has 0 spiro atoms. The second-order valence-electron chi connectivity index (χ2n) is 11.0. The van der Waals surface area contributed by atoms with Gasteiger partial charge in [0.05, 0.1) is 32.3 Å². The minimum Gasteiger partial charge on any atom is -0.379 e. The van der Waals surface area contributed by atoms with Crippen molar-refractivity contribution in [3.05, 3.63) is 56.8 Å². The Morgan fingerprint density at radius 1 is 0.829 bits per heavy atom. The number of ether oxygens (including phenoxy) is 2. The quantitative estimate of drug-likeness (QED) is 0.294. The van der Waals surface area contributed by atoms with Gasteiger partial charge in [-0.25, -0.2) is 0 Å². The molecule has 0 aromatic carbocycles. The molecule has 9 heteroatoms. The summed E-state index contributed by atoms with van der Waals surface area (Å²) in [5.74, 6) is -0.190. The number of fused-ring (bicyclic) bond motifs is 2. The number of aromatic amines is 2. The molecule has 1 atom stereocenters. The highest BCUT2D eigenvalue weighted by atomic mass is 16.5. The highest BCUT2D eigenvalue weighted by Gasteiger charge is 2.31. The van der Waals surface area contributed by atoms with Crippen LogP contribution in [0.25, 0.3) is 0 Å². The van der Waals surface area contributed by atoms with E-state index in [0.29, 0.717) is 6.42 Å². The van der Waals surface area contributed by atoms with Gasteiger partial charge in [0.25, 0.3) is 0 Å². The first-order chi connectivity index (χ1) is 19.9. The Hall–Kier alpha value is -3.01. The maximum Gasteiger partial charge on any atom is 0.192 e. The van der Waals surface area contributed by atoms with Crippen molar-refractivity contribution in [1.82, 2.24) is 20.2 Å². The first kappa shape index (κ1) is 30.9. The minimum absolute atomic E-state index is 0.00690. The van der Waals surface area contributed by atoms with E-state index in [2.05, 4.69) is 40.2 Å². The number of carbonyl (C=O) groups excluding carboxylic acids is 3. The summed E-state index contributed by atoms with van der Waals surface area (Å²) >= 11 is 0. The maximum absolute atomic E-state index is 12.7. The Morgan fingerprint density at radius 2 is 1.41 bits per heavy atom. The minimum atomic E-state index is -0.419. The van der Waals surface area contributed by atoms with Gasteiger partial charge in [-0.1, -0.05) is 13.8 Å². The topological polar surface area (TPSA) is 117 Å². The molecular formula is C32H46N4O5. The molecule has 0 amide bonds. The number of aromatic nitrogens is 2. The van der Waals surface area contributed by atoms with Crippen molar-refractivity contribution >= 4 is 17.9 Å². The summed E-state index contributed by atoms with van der Waals surface area (Å²) < 4.78 is 10.4. The van der Waals surface area contributed by atoms with Crippen LogP contribution in [0.3, 0.4) is 0 Å². The van der Waals surface area contributed by atoms with Gasteiger partial charge in [0, 0.05) is 71.9 Å². The van der Waals surface area contributed by atoms with Gasteiger partial charge in [-0.3, -0.25) is 9.59 Å². The molecule has 2 aromatic rings. The van der Waals surface area contributed by atoms with Gasteiger partial charge in [0.1, 0.15) is 6.29 Å². The van der Waals surface area contributed by atoms with Crippen LogP contribution in [0, 0.1) is 19.8 Å². The number of nitrogens with one attached hydrogen (secondary N) is 3. The Kier molecular flexibility index (Phi) is 11.1. The van der Waals surface area contributed by atoms with E-state index in [1.54, 1.807) is 0 Å². The normalized spacial score (nSPS) is 21.3. The number of rotatable bonds is 4. The van der Waals surface area contributed by atoms with Gasteiger partial charge < -0.3 is 34.5 Å². The second-order valence-corrected chi connectivity index (χ2v) is 11.0. The number of hydrogen-bond acceptors (Lipinski definition) is 7. The monoisotopic (exact) mass is 566 g/mol. The molecule has 2 aromatic heterocycles. The van der Waals surface area contributed by atoms with Crippen LogP contribution in [-0.4, -0.2) is 85.3 Å². The van der Waals surface area contributed by atoms with E-state index < -0.39 is 5.92 Å². The van der Waals surface area contributed by atoms with Crippen LogP contribution in [0.4, 0.5) is 0 Å². The predicted octanol–water partition coefficient (Wildman–Crippen LogP) is 3.67. The Morgan fingerprint density at radius 3 is 1.95 bits per heavy atom. The molecule has 2 fully saturated rings. The number of morpholine rings is 2.